The van der Waals surface area contributed by atoms with E-state index in [0.717, 1.165) is 11.3 Å². The Morgan fingerprint density at radius 1 is 1.14 bits per heavy atom. The highest BCUT2D eigenvalue weighted by molar-refractivity contribution is 5.85. The van der Waals surface area contributed by atoms with E-state index in [1.54, 1.807) is 21.0 Å². The molecule has 1 aromatic carbocycles. The zero-order chi connectivity index (χ0) is 16.0. The quantitative estimate of drug-likeness (QED) is 0.801. The molecule has 0 aliphatic carbocycles. The minimum absolute atomic E-state index is 0.0535. The molecule has 0 fully saturated rings. The standard InChI is InChI=1S/C17H26O4/c1-11(2)16(18)12(3)17(19)13(4)21-10-14-6-8-15(20-5)9-7-14/h6-9,11-13,16,18H,10H2,1-5H3/t12-,13-,16+/m0/s1. The molecule has 0 saturated heterocycles. The first-order valence-corrected chi connectivity index (χ1v) is 7.33. The average molecular weight is 294 g/mol. The maximum atomic E-state index is 12.2. The molecule has 4 nitrogen and oxygen atoms in total. The van der Waals surface area contributed by atoms with Crippen LogP contribution in [-0.2, 0) is 16.1 Å². The smallest absolute Gasteiger partial charge is 0.166 e. The summed E-state index contributed by atoms with van der Waals surface area (Å²) < 4.78 is 10.7. The van der Waals surface area contributed by atoms with E-state index in [2.05, 4.69) is 0 Å². The molecule has 0 amide bonds. The van der Waals surface area contributed by atoms with Crippen LogP contribution in [0.4, 0.5) is 0 Å². The predicted molar refractivity (Wildman–Crippen MR) is 82.3 cm³/mol. The molecule has 0 aliphatic rings. The van der Waals surface area contributed by atoms with E-state index in [1.165, 1.54) is 0 Å². The van der Waals surface area contributed by atoms with Crippen LogP contribution in [0.2, 0.25) is 0 Å². The first-order valence-electron chi connectivity index (χ1n) is 7.33. The zero-order valence-corrected chi connectivity index (χ0v) is 13.5. The molecule has 1 N–H and O–H groups in total. The Morgan fingerprint density at radius 2 is 1.71 bits per heavy atom. The summed E-state index contributed by atoms with van der Waals surface area (Å²) >= 11 is 0. The van der Waals surface area contributed by atoms with Crippen molar-refractivity contribution in [2.45, 2.75) is 46.5 Å². The van der Waals surface area contributed by atoms with Crippen molar-refractivity contribution >= 4 is 5.78 Å². The Hall–Kier alpha value is -1.39. The number of ketones is 1. The Bertz CT molecular complexity index is 439. The van der Waals surface area contributed by atoms with Gasteiger partial charge in [0.25, 0.3) is 0 Å². The molecule has 0 aliphatic heterocycles. The second kappa shape index (κ2) is 8.15. The normalized spacial score (nSPS) is 15.6. The van der Waals surface area contributed by atoms with E-state index in [4.69, 9.17) is 9.47 Å². The minimum Gasteiger partial charge on any atom is -0.497 e. The number of hydrogen-bond donors (Lipinski definition) is 1. The fourth-order valence-electron chi connectivity index (χ4n) is 2.14. The lowest BCUT2D eigenvalue weighted by Gasteiger charge is -2.24. The van der Waals surface area contributed by atoms with Crippen molar-refractivity contribution in [3.63, 3.8) is 0 Å². The van der Waals surface area contributed by atoms with Crippen LogP contribution in [0.3, 0.4) is 0 Å². The van der Waals surface area contributed by atoms with Crippen LogP contribution in [0.25, 0.3) is 0 Å². The molecule has 0 saturated carbocycles. The number of hydrogen-bond acceptors (Lipinski definition) is 4. The number of Topliss-reactive ketones (excluding diaryl/α,β-unsaturated/α-hetero) is 1. The molecule has 0 bridgehead atoms. The van der Waals surface area contributed by atoms with Crippen LogP contribution in [-0.4, -0.2) is 30.2 Å². The molecule has 0 unspecified atom stereocenters. The summed E-state index contributed by atoms with van der Waals surface area (Å²) in [7, 11) is 1.62. The predicted octanol–water partition coefficient (Wildman–Crippen LogP) is 2.82. The third-order valence-corrected chi connectivity index (χ3v) is 3.70. The van der Waals surface area contributed by atoms with Crippen LogP contribution in [0.15, 0.2) is 24.3 Å². The largest absolute Gasteiger partial charge is 0.497 e. The summed E-state index contributed by atoms with van der Waals surface area (Å²) in [6.07, 6.45) is -1.17. The van der Waals surface area contributed by atoms with E-state index in [9.17, 15) is 9.90 Å². The number of carbonyl (C=O) groups excluding carboxylic acids is 1. The van der Waals surface area contributed by atoms with Gasteiger partial charge in [-0.3, -0.25) is 4.79 Å². The molecule has 1 rings (SSSR count). The Kier molecular flexibility index (Phi) is 6.85. The second-order valence-electron chi connectivity index (χ2n) is 5.73. The molecule has 3 atom stereocenters. The van der Waals surface area contributed by atoms with Crippen molar-refractivity contribution in [3.05, 3.63) is 29.8 Å². The summed E-state index contributed by atoms with van der Waals surface area (Å²) in [6, 6.07) is 7.53. The first kappa shape index (κ1) is 17.7. The number of rotatable bonds is 8. The maximum Gasteiger partial charge on any atom is 0.166 e. The lowest BCUT2D eigenvalue weighted by molar-refractivity contribution is -0.138. The number of benzene rings is 1. The van der Waals surface area contributed by atoms with Crippen LogP contribution < -0.4 is 4.74 Å². The van der Waals surface area contributed by atoms with Gasteiger partial charge in [-0.1, -0.05) is 32.9 Å². The molecule has 21 heavy (non-hydrogen) atoms. The number of aliphatic hydroxyl groups excluding tert-OH is 1. The zero-order valence-electron chi connectivity index (χ0n) is 13.5. The Labute approximate surface area is 127 Å². The highest BCUT2D eigenvalue weighted by Gasteiger charge is 2.28. The van der Waals surface area contributed by atoms with Gasteiger partial charge in [0.15, 0.2) is 5.78 Å². The maximum absolute atomic E-state index is 12.2. The summed E-state index contributed by atoms with van der Waals surface area (Å²) in [5.41, 5.74) is 0.979. The Morgan fingerprint density at radius 3 is 2.19 bits per heavy atom. The molecule has 0 heterocycles. The number of aliphatic hydroxyl groups is 1. The van der Waals surface area contributed by atoms with Gasteiger partial charge in [-0.05, 0) is 30.5 Å². The van der Waals surface area contributed by atoms with Crippen LogP contribution in [0.5, 0.6) is 5.75 Å². The summed E-state index contributed by atoms with van der Waals surface area (Å²) in [5, 5.41) is 9.97. The fraction of sp³-hybridized carbons (Fsp3) is 0.588. The van der Waals surface area contributed by atoms with Gasteiger partial charge in [0.05, 0.1) is 19.8 Å². The lowest BCUT2D eigenvalue weighted by Crippen LogP contribution is -2.36. The molecule has 0 spiro atoms. The van der Waals surface area contributed by atoms with Crippen molar-refractivity contribution in [1.29, 1.82) is 0 Å². The first-order chi connectivity index (χ1) is 9.86. The summed E-state index contributed by atoms with van der Waals surface area (Å²) in [6.45, 7) is 7.64. The number of ether oxygens (including phenoxy) is 2. The molecule has 4 heteroatoms. The number of carbonyl (C=O) groups is 1. The van der Waals surface area contributed by atoms with Gasteiger partial charge in [0, 0.05) is 5.92 Å². The Balaban J connectivity index is 2.52. The molecule has 118 valence electrons. The van der Waals surface area contributed by atoms with E-state index in [1.807, 2.05) is 38.1 Å². The molecule has 0 radical (unpaired) electrons. The SMILES string of the molecule is COc1ccc(CO[C@@H](C)C(=O)[C@@H](C)[C@H](O)C(C)C)cc1. The van der Waals surface area contributed by atoms with Crippen molar-refractivity contribution < 1.29 is 19.4 Å². The second-order valence-corrected chi connectivity index (χ2v) is 5.73. The van der Waals surface area contributed by atoms with Gasteiger partial charge in [-0.25, -0.2) is 0 Å². The van der Waals surface area contributed by atoms with E-state index < -0.39 is 18.1 Å². The molecular formula is C17H26O4. The van der Waals surface area contributed by atoms with Crippen LogP contribution in [0.1, 0.15) is 33.3 Å². The molecule has 0 aromatic heterocycles. The summed E-state index contributed by atoms with van der Waals surface area (Å²) in [4.78, 5) is 12.2. The van der Waals surface area contributed by atoms with Gasteiger partial charge in [0.2, 0.25) is 0 Å². The fourth-order valence-corrected chi connectivity index (χ4v) is 2.14. The lowest BCUT2D eigenvalue weighted by atomic mass is 9.89. The van der Waals surface area contributed by atoms with Crippen molar-refractivity contribution in [3.8, 4) is 5.75 Å². The van der Waals surface area contributed by atoms with Gasteiger partial charge in [-0.2, -0.15) is 0 Å². The van der Waals surface area contributed by atoms with Crippen LogP contribution >= 0.6 is 0 Å². The van der Waals surface area contributed by atoms with Crippen molar-refractivity contribution in [2.75, 3.05) is 7.11 Å². The third kappa shape index (κ3) is 5.14. The average Bonchev–Trinajstić information content (AvgIpc) is 2.50. The minimum atomic E-state index is -0.635. The third-order valence-electron chi connectivity index (χ3n) is 3.70. The van der Waals surface area contributed by atoms with Crippen molar-refractivity contribution in [1.82, 2.24) is 0 Å². The van der Waals surface area contributed by atoms with Crippen LogP contribution in [0, 0.1) is 11.8 Å². The van der Waals surface area contributed by atoms with E-state index >= 15 is 0 Å². The highest BCUT2D eigenvalue weighted by atomic mass is 16.5. The van der Waals surface area contributed by atoms with Gasteiger partial charge in [0.1, 0.15) is 11.9 Å². The summed E-state index contributed by atoms with van der Waals surface area (Å²) in [5.74, 6) is 0.356. The van der Waals surface area contributed by atoms with Crippen molar-refractivity contribution in [2.24, 2.45) is 11.8 Å². The monoisotopic (exact) mass is 294 g/mol. The van der Waals surface area contributed by atoms with Gasteiger partial charge in [-0.15, -0.1) is 0 Å². The molecule has 1 aromatic rings. The topological polar surface area (TPSA) is 55.8 Å². The van der Waals surface area contributed by atoms with E-state index in [-0.39, 0.29) is 11.7 Å². The van der Waals surface area contributed by atoms with E-state index in [0.29, 0.717) is 6.61 Å². The highest BCUT2D eigenvalue weighted by Crippen LogP contribution is 2.17. The number of methoxy groups -OCH3 is 1. The van der Waals surface area contributed by atoms with Gasteiger partial charge >= 0.3 is 0 Å². The molecular weight excluding hydrogens is 268 g/mol. The van der Waals surface area contributed by atoms with Gasteiger partial charge < -0.3 is 14.6 Å².